The third kappa shape index (κ3) is 3.80. The van der Waals surface area contributed by atoms with Crippen LogP contribution in [0, 0.1) is 6.92 Å². The molecule has 0 radical (unpaired) electrons. The quantitative estimate of drug-likeness (QED) is 0.753. The van der Waals surface area contributed by atoms with E-state index in [-0.39, 0.29) is 4.90 Å². The first kappa shape index (κ1) is 15.7. The summed E-state index contributed by atoms with van der Waals surface area (Å²) in [5.74, 6) is -0.686. The first-order valence-electron chi connectivity index (χ1n) is 6.32. The van der Waals surface area contributed by atoms with E-state index in [4.69, 9.17) is 0 Å². The lowest BCUT2D eigenvalue weighted by Gasteiger charge is -2.15. The molecule has 1 rings (SSSR count). The second-order valence-corrected chi connectivity index (χ2v) is 6.64. The van der Waals surface area contributed by atoms with Gasteiger partial charge in [-0.05, 0) is 25.5 Å². The van der Waals surface area contributed by atoms with E-state index in [1.54, 1.807) is 12.1 Å². The van der Waals surface area contributed by atoms with Crippen LogP contribution in [-0.2, 0) is 19.4 Å². The Balaban J connectivity index is 3.11. The number of aryl methyl sites for hydroxylation is 1. The van der Waals surface area contributed by atoms with Gasteiger partial charge in [0.1, 0.15) is 0 Å². The average Bonchev–Trinajstić information content (AvgIpc) is 2.39. The van der Waals surface area contributed by atoms with E-state index >= 15 is 0 Å². The van der Waals surface area contributed by atoms with Crippen LogP contribution in [-0.4, -0.2) is 26.7 Å². The van der Waals surface area contributed by atoms with Crippen molar-refractivity contribution in [3.63, 3.8) is 0 Å². The second kappa shape index (κ2) is 6.70. The first-order valence-corrected chi connectivity index (χ1v) is 7.86. The van der Waals surface area contributed by atoms with Gasteiger partial charge in [-0.25, -0.2) is 8.42 Å². The summed E-state index contributed by atoms with van der Waals surface area (Å²) in [6.07, 6.45) is 1.79. The van der Waals surface area contributed by atoms with Crippen molar-refractivity contribution in [1.29, 1.82) is 0 Å². The molecule has 0 aliphatic carbocycles. The van der Waals surface area contributed by atoms with Crippen LogP contribution in [0.4, 0.5) is 0 Å². The van der Waals surface area contributed by atoms with Crippen molar-refractivity contribution in [2.45, 2.75) is 43.3 Å². The molecule has 19 heavy (non-hydrogen) atoms. The van der Waals surface area contributed by atoms with E-state index in [0.29, 0.717) is 12.8 Å². The van der Waals surface area contributed by atoms with Crippen LogP contribution < -0.4 is 0 Å². The van der Waals surface area contributed by atoms with Gasteiger partial charge in [0.05, 0.1) is 12.0 Å². The molecule has 106 valence electrons. The number of carbonyl (C=O) groups excluding carboxylic acids is 1. The number of unbranched alkanes of at least 4 members (excludes halogenated alkanes) is 1. The lowest BCUT2D eigenvalue weighted by Crippen LogP contribution is -2.31. The molecule has 0 heterocycles. The molecule has 4 nitrogen and oxygen atoms in total. The number of carbonyl (C=O) groups is 1. The highest BCUT2D eigenvalue weighted by Crippen LogP contribution is 2.21. The maximum absolute atomic E-state index is 12.4. The molecular formula is C14H20O4S. The Hall–Kier alpha value is -1.36. The summed E-state index contributed by atoms with van der Waals surface area (Å²) in [7, 11) is -2.46. The molecule has 0 amide bonds. The monoisotopic (exact) mass is 284 g/mol. The van der Waals surface area contributed by atoms with Gasteiger partial charge in [0, 0.05) is 0 Å². The highest BCUT2D eigenvalue weighted by atomic mass is 32.2. The minimum atomic E-state index is -3.68. The Kier molecular flexibility index (Phi) is 5.54. The zero-order chi connectivity index (χ0) is 14.5. The van der Waals surface area contributed by atoms with Crippen LogP contribution in [0.25, 0.3) is 0 Å². The van der Waals surface area contributed by atoms with Gasteiger partial charge in [0.15, 0.2) is 15.1 Å². The molecule has 0 saturated heterocycles. The number of rotatable bonds is 6. The smallest absolute Gasteiger partial charge is 0.324 e. The minimum absolute atomic E-state index is 0.171. The van der Waals surface area contributed by atoms with Gasteiger partial charge in [-0.15, -0.1) is 0 Å². The van der Waals surface area contributed by atoms with Gasteiger partial charge in [-0.3, -0.25) is 4.79 Å². The minimum Gasteiger partial charge on any atom is -0.468 e. The van der Waals surface area contributed by atoms with Crippen molar-refractivity contribution >= 4 is 15.8 Å². The maximum Gasteiger partial charge on any atom is 0.324 e. The number of sulfone groups is 1. The molecule has 0 aliphatic heterocycles. The van der Waals surface area contributed by atoms with Crippen LogP contribution in [0.1, 0.15) is 31.7 Å². The fourth-order valence-corrected chi connectivity index (χ4v) is 3.48. The molecule has 1 aromatic rings. The fourth-order valence-electron chi connectivity index (χ4n) is 1.81. The number of benzene rings is 1. The summed E-state index contributed by atoms with van der Waals surface area (Å²) in [6.45, 7) is 3.83. The number of esters is 1. The summed E-state index contributed by atoms with van der Waals surface area (Å²) in [4.78, 5) is 11.9. The molecular weight excluding hydrogens is 264 g/mol. The predicted octanol–water partition coefficient (Wildman–Crippen LogP) is 2.50. The number of ether oxygens (including phenoxy) is 1. The molecule has 0 fully saturated rings. The van der Waals surface area contributed by atoms with Crippen LogP contribution >= 0.6 is 0 Å². The Bertz CT molecular complexity index is 517. The SMILES string of the molecule is CCCCC(C(=O)OC)S(=O)(=O)c1ccc(C)cc1. The topological polar surface area (TPSA) is 60.4 Å². The molecule has 0 N–H and O–H groups in total. The largest absolute Gasteiger partial charge is 0.468 e. The highest BCUT2D eigenvalue weighted by molar-refractivity contribution is 7.92. The number of methoxy groups -OCH3 is 1. The van der Waals surface area contributed by atoms with Crippen molar-refractivity contribution in [1.82, 2.24) is 0 Å². The normalized spacial score (nSPS) is 13.0. The van der Waals surface area contributed by atoms with Gasteiger partial charge in [-0.1, -0.05) is 37.5 Å². The number of hydrogen-bond donors (Lipinski definition) is 0. The van der Waals surface area contributed by atoms with E-state index in [9.17, 15) is 13.2 Å². The molecule has 0 aliphatic rings. The zero-order valence-corrected chi connectivity index (χ0v) is 12.4. The molecule has 0 spiro atoms. The van der Waals surface area contributed by atoms with Gasteiger partial charge in [-0.2, -0.15) is 0 Å². The van der Waals surface area contributed by atoms with E-state index in [1.165, 1.54) is 19.2 Å². The lowest BCUT2D eigenvalue weighted by molar-refractivity contribution is -0.140. The molecule has 5 heteroatoms. The Morgan fingerprint density at radius 1 is 1.26 bits per heavy atom. The van der Waals surface area contributed by atoms with Gasteiger partial charge in [0.25, 0.3) is 0 Å². The maximum atomic E-state index is 12.4. The molecule has 1 aromatic carbocycles. The van der Waals surface area contributed by atoms with Crippen molar-refractivity contribution in [3.05, 3.63) is 29.8 Å². The van der Waals surface area contributed by atoms with Crippen LogP contribution in [0.3, 0.4) is 0 Å². The van der Waals surface area contributed by atoms with Gasteiger partial charge >= 0.3 is 5.97 Å². The summed E-state index contributed by atoms with van der Waals surface area (Å²) >= 11 is 0. The van der Waals surface area contributed by atoms with Crippen LogP contribution in [0.15, 0.2) is 29.2 Å². The Morgan fingerprint density at radius 3 is 2.32 bits per heavy atom. The highest BCUT2D eigenvalue weighted by Gasteiger charge is 2.34. The van der Waals surface area contributed by atoms with Gasteiger partial charge < -0.3 is 4.74 Å². The lowest BCUT2D eigenvalue weighted by atomic mass is 10.2. The van der Waals surface area contributed by atoms with Crippen LogP contribution in [0.5, 0.6) is 0 Å². The third-order valence-electron chi connectivity index (χ3n) is 3.01. The average molecular weight is 284 g/mol. The molecule has 0 saturated carbocycles. The van der Waals surface area contributed by atoms with Crippen molar-refractivity contribution in [3.8, 4) is 0 Å². The first-order chi connectivity index (χ1) is 8.93. The zero-order valence-electron chi connectivity index (χ0n) is 11.5. The Morgan fingerprint density at radius 2 is 1.84 bits per heavy atom. The van der Waals surface area contributed by atoms with Gasteiger partial charge in [0.2, 0.25) is 0 Å². The summed E-state index contributed by atoms with van der Waals surface area (Å²) in [5, 5.41) is -1.11. The molecule has 0 bridgehead atoms. The van der Waals surface area contributed by atoms with E-state index < -0.39 is 21.1 Å². The van der Waals surface area contributed by atoms with E-state index in [2.05, 4.69) is 4.74 Å². The summed E-state index contributed by atoms with van der Waals surface area (Å²) in [6, 6.07) is 6.52. The third-order valence-corrected chi connectivity index (χ3v) is 5.11. The second-order valence-electron chi connectivity index (χ2n) is 4.51. The van der Waals surface area contributed by atoms with E-state index in [1.807, 2.05) is 13.8 Å². The Labute approximate surface area is 114 Å². The standard InChI is InChI=1S/C14H20O4S/c1-4-5-6-13(14(15)18-3)19(16,17)12-9-7-11(2)8-10-12/h7-10,13H,4-6H2,1-3H3. The van der Waals surface area contributed by atoms with Crippen molar-refractivity contribution < 1.29 is 17.9 Å². The molecule has 1 unspecified atom stereocenters. The predicted molar refractivity (Wildman–Crippen MR) is 73.7 cm³/mol. The summed E-state index contributed by atoms with van der Waals surface area (Å²) in [5.41, 5.74) is 0.974. The number of hydrogen-bond acceptors (Lipinski definition) is 4. The fraction of sp³-hybridized carbons (Fsp3) is 0.500. The summed E-state index contributed by atoms with van der Waals surface area (Å²) < 4.78 is 29.5. The van der Waals surface area contributed by atoms with Crippen molar-refractivity contribution in [2.75, 3.05) is 7.11 Å². The van der Waals surface area contributed by atoms with E-state index in [0.717, 1.165) is 12.0 Å². The van der Waals surface area contributed by atoms with Crippen molar-refractivity contribution in [2.24, 2.45) is 0 Å². The van der Waals surface area contributed by atoms with Crippen LogP contribution in [0.2, 0.25) is 0 Å². The molecule has 0 aromatic heterocycles. The molecule has 1 atom stereocenters.